The smallest absolute Gasteiger partial charge is 0.233 e. The number of likely N-dealkylation sites (tertiary alicyclic amines) is 1. The van der Waals surface area contributed by atoms with Crippen molar-refractivity contribution in [2.75, 3.05) is 26.2 Å². The Morgan fingerprint density at radius 3 is 2.42 bits per heavy atom. The zero-order valence-electron chi connectivity index (χ0n) is 12.0. The molecule has 0 unspecified atom stereocenters. The Bertz CT molecular complexity index is 321. The first kappa shape index (κ1) is 15.8. The van der Waals surface area contributed by atoms with Crippen molar-refractivity contribution in [2.45, 2.75) is 39.5 Å². The Hall–Kier alpha value is -1.30. The van der Waals surface area contributed by atoms with Crippen LogP contribution in [0.15, 0.2) is 5.16 Å². The van der Waals surface area contributed by atoms with Crippen molar-refractivity contribution in [3.63, 3.8) is 0 Å². The molecule has 1 fully saturated rings. The maximum Gasteiger partial charge on any atom is 0.233 e. The van der Waals surface area contributed by atoms with Gasteiger partial charge in [-0.05, 0) is 38.8 Å². The lowest BCUT2D eigenvalue weighted by atomic mass is 9.80. The van der Waals surface area contributed by atoms with Gasteiger partial charge >= 0.3 is 0 Å². The van der Waals surface area contributed by atoms with Crippen LogP contribution in [0.5, 0.6) is 0 Å². The normalized spacial score (nSPS) is 17.7. The summed E-state index contributed by atoms with van der Waals surface area (Å²) < 4.78 is 0. The van der Waals surface area contributed by atoms with Crippen LogP contribution < -0.4 is 11.1 Å². The molecule has 1 aliphatic rings. The molecule has 1 saturated heterocycles. The quantitative estimate of drug-likeness (QED) is 0.275. The van der Waals surface area contributed by atoms with E-state index in [-0.39, 0.29) is 11.7 Å². The first-order valence-corrected chi connectivity index (χ1v) is 7.09. The molecule has 1 amide bonds. The van der Waals surface area contributed by atoms with E-state index in [9.17, 15) is 4.79 Å². The minimum Gasteiger partial charge on any atom is -0.409 e. The van der Waals surface area contributed by atoms with Crippen molar-refractivity contribution in [1.82, 2.24) is 10.2 Å². The molecule has 0 bridgehead atoms. The van der Waals surface area contributed by atoms with Crippen LogP contribution in [-0.4, -0.2) is 48.0 Å². The number of oxime groups is 1. The van der Waals surface area contributed by atoms with Crippen molar-refractivity contribution in [3.05, 3.63) is 0 Å². The molecule has 1 aliphatic heterocycles. The fraction of sp³-hybridized carbons (Fsp3) is 0.846. The van der Waals surface area contributed by atoms with Gasteiger partial charge in [0.25, 0.3) is 0 Å². The summed E-state index contributed by atoms with van der Waals surface area (Å²) in [5.74, 6) is -0.150. The van der Waals surface area contributed by atoms with Crippen LogP contribution in [0.1, 0.15) is 39.5 Å². The number of hydrogen-bond acceptors (Lipinski definition) is 4. The van der Waals surface area contributed by atoms with Gasteiger partial charge in [0.15, 0.2) is 5.84 Å². The standard InChI is InChI=1S/C13H26N4O2/c1-3-13(4-2,11(14)16-19)12(18)15-7-10-17-8-5-6-9-17/h19H,3-10H2,1-2H3,(H2,14,16)(H,15,18). The van der Waals surface area contributed by atoms with Gasteiger partial charge in [-0.2, -0.15) is 0 Å². The van der Waals surface area contributed by atoms with Gasteiger partial charge in [-0.25, -0.2) is 0 Å². The molecule has 1 rings (SSSR count). The zero-order chi connectivity index (χ0) is 14.3. The first-order valence-electron chi connectivity index (χ1n) is 7.09. The molecular weight excluding hydrogens is 244 g/mol. The van der Waals surface area contributed by atoms with E-state index in [2.05, 4.69) is 15.4 Å². The maximum absolute atomic E-state index is 12.3. The summed E-state index contributed by atoms with van der Waals surface area (Å²) in [6.07, 6.45) is 3.53. The number of carbonyl (C=O) groups is 1. The molecule has 0 saturated carbocycles. The molecule has 0 aromatic carbocycles. The molecule has 6 nitrogen and oxygen atoms in total. The highest BCUT2D eigenvalue weighted by Crippen LogP contribution is 2.26. The molecule has 110 valence electrons. The fourth-order valence-electron chi connectivity index (χ4n) is 2.65. The number of rotatable bonds is 7. The number of hydrogen-bond donors (Lipinski definition) is 3. The van der Waals surface area contributed by atoms with Crippen LogP contribution in [0.3, 0.4) is 0 Å². The summed E-state index contributed by atoms with van der Waals surface area (Å²) in [6, 6.07) is 0. The summed E-state index contributed by atoms with van der Waals surface area (Å²) in [4.78, 5) is 14.6. The van der Waals surface area contributed by atoms with Crippen LogP contribution in [0.2, 0.25) is 0 Å². The molecule has 0 aromatic rings. The molecule has 19 heavy (non-hydrogen) atoms. The monoisotopic (exact) mass is 270 g/mol. The zero-order valence-corrected chi connectivity index (χ0v) is 12.0. The van der Waals surface area contributed by atoms with E-state index < -0.39 is 5.41 Å². The summed E-state index contributed by atoms with van der Waals surface area (Å²) >= 11 is 0. The number of nitrogens with two attached hydrogens (primary N) is 1. The summed E-state index contributed by atoms with van der Waals surface area (Å²) in [5, 5.41) is 14.8. The van der Waals surface area contributed by atoms with Gasteiger partial charge < -0.3 is 21.2 Å². The van der Waals surface area contributed by atoms with E-state index in [1.54, 1.807) is 0 Å². The predicted octanol–water partition coefficient (Wildman–Crippen LogP) is 0.751. The highest BCUT2D eigenvalue weighted by Gasteiger charge is 2.39. The Morgan fingerprint density at radius 1 is 1.37 bits per heavy atom. The van der Waals surface area contributed by atoms with Crippen molar-refractivity contribution in [1.29, 1.82) is 0 Å². The second kappa shape index (κ2) is 7.33. The van der Waals surface area contributed by atoms with Gasteiger partial charge in [0.1, 0.15) is 5.41 Å². The van der Waals surface area contributed by atoms with Crippen molar-refractivity contribution < 1.29 is 10.0 Å². The van der Waals surface area contributed by atoms with Gasteiger partial charge in [0.2, 0.25) is 5.91 Å². The molecule has 0 atom stereocenters. The lowest BCUT2D eigenvalue weighted by Crippen LogP contribution is -2.50. The van der Waals surface area contributed by atoms with E-state index in [4.69, 9.17) is 10.9 Å². The number of amidine groups is 1. The minimum atomic E-state index is -0.889. The molecule has 1 heterocycles. The van der Waals surface area contributed by atoms with Crippen LogP contribution in [0, 0.1) is 5.41 Å². The molecule has 0 aliphatic carbocycles. The molecule has 0 spiro atoms. The highest BCUT2D eigenvalue weighted by atomic mass is 16.4. The van der Waals surface area contributed by atoms with Crippen LogP contribution in [-0.2, 0) is 4.79 Å². The molecule has 0 aromatic heterocycles. The third-order valence-corrected chi connectivity index (χ3v) is 4.15. The molecule has 4 N–H and O–H groups in total. The van der Waals surface area contributed by atoms with Gasteiger partial charge in [-0.15, -0.1) is 0 Å². The Morgan fingerprint density at radius 2 is 1.95 bits per heavy atom. The van der Waals surface area contributed by atoms with E-state index in [0.29, 0.717) is 19.4 Å². The Balaban J connectivity index is 2.52. The number of nitrogens with zero attached hydrogens (tertiary/aromatic N) is 2. The van der Waals surface area contributed by atoms with Crippen molar-refractivity contribution >= 4 is 11.7 Å². The van der Waals surface area contributed by atoms with Crippen LogP contribution in [0.25, 0.3) is 0 Å². The lowest BCUT2D eigenvalue weighted by molar-refractivity contribution is -0.128. The second-order valence-electron chi connectivity index (χ2n) is 5.08. The maximum atomic E-state index is 12.3. The molecule has 6 heteroatoms. The third kappa shape index (κ3) is 3.59. The van der Waals surface area contributed by atoms with Crippen molar-refractivity contribution in [3.8, 4) is 0 Å². The SMILES string of the molecule is CCC(CC)(C(=O)NCCN1CCCC1)C(N)=NO. The average Bonchev–Trinajstić information content (AvgIpc) is 2.93. The summed E-state index contributed by atoms with van der Waals surface area (Å²) in [7, 11) is 0. The van der Waals surface area contributed by atoms with Gasteiger partial charge in [-0.1, -0.05) is 19.0 Å². The second-order valence-corrected chi connectivity index (χ2v) is 5.08. The van der Waals surface area contributed by atoms with E-state index in [0.717, 1.165) is 19.6 Å². The van der Waals surface area contributed by atoms with Gasteiger partial charge in [-0.3, -0.25) is 4.79 Å². The molecule has 0 radical (unpaired) electrons. The summed E-state index contributed by atoms with van der Waals surface area (Å²) in [6.45, 7) is 7.46. The largest absolute Gasteiger partial charge is 0.409 e. The molecular formula is C13H26N4O2. The van der Waals surface area contributed by atoms with Crippen molar-refractivity contribution in [2.24, 2.45) is 16.3 Å². The minimum absolute atomic E-state index is 0.00354. The summed E-state index contributed by atoms with van der Waals surface area (Å²) in [5.41, 5.74) is 4.81. The van der Waals surface area contributed by atoms with E-state index in [1.807, 2.05) is 13.8 Å². The average molecular weight is 270 g/mol. The van der Waals surface area contributed by atoms with Crippen LogP contribution >= 0.6 is 0 Å². The highest BCUT2D eigenvalue weighted by molar-refractivity contribution is 6.06. The first-order chi connectivity index (χ1) is 9.10. The Labute approximate surface area is 115 Å². The lowest BCUT2D eigenvalue weighted by Gasteiger charge is -2.29. The van der Waals surface area contributed by atoms with E-state index in [1.165, 1.54) is 12.8 Å². The Kier molecular flexibility index (Phi) is 6.08. The van der Waals surface area contributed by atoms with Gasteiger partial charge in [0.05, 0.1) is 0 Å². The topological polar surface area (TPSA) is 91.0 Å². The fourth-order valence-corrected chi connectivity index (χ4v) is 2.65. The number of nitrogens with one attached hydrogen (secondary N) is 1. The predicted molar refractivity (Wildman–Crippen MR) is 75.1 cm³/mol. The third-order valence-electron chi connectivity index (χ3n) is 4.15. The van der Waals surface area contributed by atoms with Gasteiger partial charge in [0, 0.05) is 13.1 Å². The van der Waals surface area contributed by atoms with Crippen LogP contribution in [0.4, 0.5) is 0 Å². The van der Waals surface area contributed by atoms with E-state index >= 15 is 0 Å². The number of carbonyl (C=O) groups excluding carboxylic acids is 1. The number of amides is 1.